The number of hydrogen-bond donors (Lipinski definition) is 0. The average molecular weight is 400 g/mol. The molecule has 0 aromatic heterocycles. The van der Waals surface area contributed by atoms with Gasteiger partial charge in [-0.05, 0) is 39.4 Å². The Morgan fingerprint density at radius 1 is 0.633 bits per heavy atom. The topological polar surface area (TPSA) is 23.8 Å². The standard InChI is InChI=1S/C26H17F3N/c27-26(28,29)22-13-7-12-21-24(22)20-15-14-19(30)16-23(20)25(21,17-8-3-1-4-9-17)18-10-5-2-6-11-18/h1-16,30H/q-1. The lowest BCUT2D eigenvalue weighted by Crippen LogP contribution is -2.28. The van der Waals surface area contributed by atoms with Gasteiger partial charge in [-0.2, -0.15) is 13.2 Å². The van der Waals surface area contributed by atoms with Crippen LogP contribution in [0.3, 0.4) is 0 Å². The van der Waals surface area contributed by atoms with Crippen molar-refractivity contribution >= 4 is 5.69 Å². The van der Waals surface area contributed by atoms with Gasteiger partial charge in [-0.15, -0.1) is 5.69 Å². The van der Waals surface area contributed by atoms with Gasteiger partial charge in [0.25, 0.3) is 0 Å². The van der Waals surface area contributed by atoms with Crippen LogP contribution in [0.5, 0.6) is 0 Å². The van der Waals surface area contributed by atoms with Gasteiger partial charge >= 0.3 is 6.18 Å². The van der Waals surface area contributed by atoms with Gasteiger partial charge in [0.05, 0.1) is 11.0 Å². The molecule has 1 N–H and O–H groups in total. The van der Waals surface area contributed by atoms with Gasteiger partial charge in [0.1, 0.15) is 0 Å². The van der Waals surface area contributed by atoms with Gasteiger partial charge < -0.3 is 5.73 Å². The maximum absolute atomic E-state index is 14.0. The second kappa shape index (κ2) is 6.49. The minimum absolute atomic E-state index is 0.202. The van der Waals surface area contributed by atoms with Crippen LogP contribution >= 0.6 is 0 Å². The van der Waals surface area contributed by atoms with Crippen LogP contribution in [0.25, 0.3) is 16.9 Å². The fourth-order valence-corrected chi connectivity index (χ4v) is 4.77. The fourth-order valence-electron chi connectivity index (χ4n) is 4.77. The van der Waals surface area contributed by atoms with Crippen molar-refractivity contribution in [3.05, 3.63) is 131 Å². The average Bonchev–Trinajstić information content (AvgIpc) is 3.04. The molecule has 5 rings (SSSR count). The van der Waals surface area contributed by atoms with E-state index in [1.807, 2.05) is 60.7 Å². The first kappa shape index (κ1) is 18.5. The van der Waals surface area contributed by atoms with Crippen molar-refractivity contribution in [2.75, 3.05) is 0 Å². The normalized spacial score (nSPS) is 14.2. The highest BCUT2D eigenvalue weighted by Crippen LogP contribution is 2.58. The lowest BCUT2D eigenvalue weighted by molar-refractivity contribution is -0.137. The summed E-state index contributed by atoms with van der Waals surface area (Å²) in [4.78, 5) is 0. The lowest BCUT2D eigenvalue weighted by atomic mass is 9.67. The maximum Gasteiger partial charge on any atom is 0.417 e. The number of benzene rings is 4. The monoisotopic (exact) mass is 400 g/mol. The number of nitrogens with one attached hydrogen (secondary N) is 1. The molecule has 1 aliphatic carbocycles. The van der Waals surface area contributed by atoms with Crippen molar-refractivity contribution in [3.8, 4) is 11.1 Å². The molecule has 1 nitrogen and oxygen atoms in total. The molecule has 0 bridgehead atoms. The Morgan fingerprint density at radius 2 is 1.23 bits per heavy atom. The third-order valence-corrected chi connectivity index (χ3v) is 5.88. The minimum atomic E-state index is -4.48. The Hall–Kier alpha value is -3.53. The second-order valence-electron chi connectivity index (χ2n) is 7.47. The molecule has 4 aromatic rings. The Bertz CT molecular complexity index is 1190. The van der Waals surface area contributed by atoms with Crippen LogP contribution in [0.15, 0.2) is 97.1 Å². The molecular formula is C26H17F3N-. The first-order valence-corrected chi connectivity index (χ1v) is 9.62. The molecule has 0 amide bonds. The summed E-state index contributed by atoms with van der Waals surface area (Å²) in [5.41, 5.74) is 10.7. The molecule has 148 valence electrons. The Morgan fingerprint density at radius 3 is 1.80 bits per heavy atom. The largest absolute Gasteiger partial charge is 0.699 e. The summed E-state index contributed by atoms with van der Waals surface area (Å²) in [6, 6.07) is 28.5. The highest BCUT2D eigenvalue weighted by Gasteiger charge is 2.49. The molecule has 0 saturated heterocycles. The zero-order valence-electron chi connectivity index (χ0n) is 15.9. The highest BCUT2D eigenvalue weighted by molar-refractivity contribution is 5.89. The van der Waals surface area contributed by atoms with Crippen molar-refractivity contribution in [2.24, 2.45) is 0 Å². The van der Waals surface area contributed by atoms with Crippen molar-refractivity contribution < 1.29 is 13.2 Å². The van der Waals surface area contributed by atoms with E-state index in [2.05, 4.69) is 0 Å². The molecule has 4 heteroatoms. The number of fused-ring (bicyclic) bond motifs is 3. The zero-order chi connectivity index (χ0) is 20.9. The first-order chi connectivity index (χ1) is 14.4. The zero-order valence-corrected chi connectivity index (χ0v) is 15.9. The van der Waals surface area contributed by atoms with Crippen molar-refractivity contribution in [1.82, 2.24) is 0 Å². The Balaban J connectivity index is 2.01. The minimum Gasteiger partial charge on any atom is -0.699 e. The molecule has 1 aliphatic rings. The second-order valence-corrected chi connectivity index (χ2v) is 7.47. The molecule has 0 fully saturated rings. The summed E-state index contributed by atoms with van der Waals surface area (Å²) in [7, 11) is 0. The van der Waals surface area contributed by atoms with E-state index in [9.17, 15) is 13.2 Å². The Labute approximate surface area is 172 Å². The van der Waals surface area contributed by atoms with Gasteiger partial charge in [0, 0.05) is 0 Å². The molecular weight excluding hydrogens is 383 g/mol. The number of hydrogen-bond acceptors (Lipinski definition) is 0. The summed E-state index contributed by atoms with van der Waals surface area (Å²) in [5.74, 6) is 0. The summed E-state index contributed by atoms with van der Waals surface area (Å²) in [6.45, 7) is 0. The molecule has 0 radical (unpaired) electrons. The van der Waals surface area contributed by atoms with Crippen LogP contribution in [-0.2, 0) is 11.6 Å². The molecule has 4 aromatic carbocycles. The number of alkyl halides is 3. The van der Waals surface area contributed by atoms with Crippen molar-refractivity contribution in [2.45, 2.75) is 11.6 Å². The summed E-state index contributed by atoms with van der Waals surface area (Å²) in [6.07, 6.45) is -4.48. The predicted octanol–water partition coefficient (Wildman–Crippen LogP) is 7.75. The third-order valence-electron chi connectivity index (χ3n) is 5.88. The Kier molecular flexibility index (Phi) is 4.00. The summed E-state index contributed by atoms with van der Waals surface area (Å²) >= 11 is 0. The lowest BCUT2D eigenvalue weighted by Gasteiger charge is -2.34. The van der Waals surface area contributed by atoms with Crippen LogP contribution < -0.4 is 0 Å². The quantitative estimate of drug-likeness (QED) is 0.289. The fraction of sp³-hybridized carbons (Fsp3) is 0.0769. The molecule has 0 saturated carbocycles. The number of rotatable bonds is 2. The van der Waals surface area contributed by atoms with E-state index in [0.717, 1.165) is 17.2 Å². The van der Waals surface area contributed by atoms with Crippen LogP contribution in [0.4, 0.5) is 18.9 Å². The smallest absolute Gasteiger partial charge is 0.417 e. The van der Waals surface area contributed by atoms with Gasteiger partial charge in [0.15, 0.2) is 0 Å². The highest BCUT2D eigenvalue weighted by atomic mass is 19.4. The molecule has 0 aliphatic heterocycles. The van der Waals surface area contributed by atoms with E-state index in [4.69, 9.17) is 5.73 Å². The van der Waals surface area contributed by atoms with E-state index < -0.39 is 17.2 Å². The van der Waals surface area contributed by atoms with E-state index in [0.29, 0.717) is 16.7 Å². The van der Waals surface area contributed by atoms with Crippen molar-refractivity contribution in [1.29, 1.82) is 0 Å². The van der Waals surface area contributed by atoms with Crippen LogP contribution in [0.1, 0.15) is 27.8 Å². The van der Waals surface area contributed by atoms with E-state index in [1.165, 1.54) is 6.07 Å². The van der Waals surface area contributed by atoms with Crippen LogP contribution in [-0.4, -0.2) is 0 Å². The van der Waals surface area contributed by atoms with E-state index >= 15 is 0 Å². The SMILES string of the molecule is [NH-]c1ccc2c(c1)C(c1ccccc1)(c1ccccc1)c1cccc(C(F)(F)F)c1-2. The van der Waals surface area contributed by atoms with Gasteiger partial charge in [-0.25, -0.2) is 0 Å². The third kappa shape index (κ3) is 2.50. The van der Waals surface area contributed by atoms with E-state index in [1.54, 1.807) is 24.3 Å². The molecule has 0 unspecified atom stereocenters. The summed E-state index contributed by atoms with van der Waals surface area (Å²) in [5, 5.41) is 0. The first-order valence-electron chi connectivity index (χ1n) is 9.62. The molecule has 0 heterocycles. The van der Waals surface area contributed by atoms with Gasteiger partial charge in [-0.1, -0.05) is 91.0 Å². The molecule has 30 heavy (non-hydrogen) atoms. The predicted molar refractivity (Wildman–Crippen MR) is 113 cm³/mol. The maximum atomic E-state index is 14.0. The molecule has 0 atom stereocenters. The van der Waals surface area contributed by atoms with Gasteiger partial charge in [-0.3, -0.25) is 0 Å². The molecule has 0 spiro atoms. The van der Waals surface area contributed by atoms with Crippen LogP contribution in [0, 0.1) is 0 Å². The van der Waals surface area contributed by atoms with Gasteiger partial charge in [0.2, 0.25) is 0 Å². The van der Waals surface area contributed by atoms with Crippen molar-refractivity contribution in [3.63, 3.8) is 0 Å². The van der Waals surface area contributed by atoms with Crippen LogP contribution in [0.2, 0.25) is 0 Å². The summed E-state index contributed by atoms with van der Waals surface area (Å²) < 4.78 is 42.1. The number of halogens is 3. The van der Waals surface area contributed by atoms with E-state index in [-0.39, 0.29) is 11.3 Å².